The molecule has 1 aromatic heterocycles. The van der Waals surface area contributed by atoms with E-state index in [0.29, 0.717) is 45.1 Å². The van der Waals surface area contributed by atoms with Crippen LogP contribution >= 0.6 is 0 Å². The van der Waals surface area contributed by atoms with Crippen molar-refractivity contribution in [2.75, 3.05) is 31.6 Å². The number of cyclic esters (lactones) is 1. The zero-order valence-corrected chi connectivity index (χ0v) is 30.6. The monoisotopic (exact) mass is 744 g/mol. The van der Waals surface area contributed by atoms with E-state index in [1.807, 2.05) is 13.0 Å². The Morgan fingerprint density at radius 2 is 1.57 bits per heavy atom. The average Bonchev–Trinajstić information content (AvgIpc) is 3.83. The van der Waals surface area contributed by atoms with Gasteiger partial charge in [-0.1, -0.05) is 43.3 Å². The number of esters is 1. The minimum absolute atomic E-state index is 0.0486. The number of rotatable bonds is 6. The van der Waals surface area contributed by atoms with Gasteiger partial charge in [-0.2, -0.15) is 0 Å². The van der Waals surface area contributed by atoms with Crippen molar-refractivity contribution in [3.8, 4) is 0 Å². The van der Waals surface area contributed by atoms with Gasteiger partial charge in [0.2, 0.25) is 29.5 Å². The van der Waals surface area contributed by atoms with Crippen molar-refractivity contribution in [1.82, 2.24) is 35.6 Å². The number of hydrogen-bond donors (Lipinski definition) is 4. The predicted octanol–water partition coefficient (Wildman–Crippen LogP) is 0.970. The molecular formula is C38H48N8O8. The van der Waals surface area contributed by atoms with Gasteiger partial charge >= 0.3 is 12.0 Å². The van der Waals surface area contributed by atoms with E-state index in [-0.39, 0.29) is 31.2 Å². The lowest BCUT2D eigenvalue weighted by molar-refractivity contribution is -0.158. The molecule has 0 radical (unpaired) electrons. The van der Waals surface area contributed by atoms with Gasteiger partial charge in [-0.15, -0.1) is 0 Å². The SMILES string of the molecule is CC1CC2C(=O)OCC(NC(=O)C(Cc3ccccc3)NC(=O)Nc3ccccn3)C(=O)N3CCCC3C(=O)N3CCCCC3C(=O)NC(C)C(=O)N2C1. The molecule has 54 heavy (non-hydrogen) atoms. The number of nitrogens with one attached hydrogen (secondary N) is 4. The number of fused-ring (bicyclic) bond motifs is 3. The second kappa shape index (κ2) is 17.1. The Labute approximate surface area is 313 Å². The number of aromatic nitrogens is 1. The quantitative estimate of drug-likeness (QED) is 0.312. The van der Waals surface area contributed by atoms with Crippen LogP contribution in [-0.4, -0.2) is 124 Å². The Bertz CT molecular complexity index is 1730. The van der Waals surface area contributed by atoms with Crippen LogP contribution in [0.3, 0.4) is 0 Å². The number of ether oxygens (including phenoxy) is 1. The van der Waals surface area contributed by atoms with Crippen LogP contribution in [0.25, 0.3) is 0 Å². The fourth-order valence-corrected chi connectivity index (χ4v) is 7.79. The molecule has 4 aliphatic rings. The summed E-state index contributed by atoms with van der Waals surface area (Å²) in [5, 5.41) is 10.8. The largest absolute Gasteiger partial charge is 0.461 e. The van der Waals surface area contributed by atoms with E-state index in [0.717, 1.165) is 5.56 Å². The van der Waals surface area contributed by atoms with Crippen LogP contribution in [0.15, 0.2) is 54.7 Å². The third-order valence-corrected chi connectivity index (χ3v) is 10.5. The van der Waals surface area contributed by atoms with Crippen LogP contribution in [0.5, 0.6) is 0 Å². The smallest absolute Gasteiger partial charge is 0.328 e. The van der Waals surface area contributed by atoms with Gasteiger partial charge in [-0.25, -0.2) is 14.6 Å². The highest BCUT2D eigenvalue weighted by Crippen LogP contribution is 2.28. The second-order valence-corrected chi connectivity index (χ2v) is 14.6. The number of carbonyl (C=O) groups excluding carboxylic acids is 7. The third kappa shape index (κ3) is 8.80. The Hall–Kier alpha value is -5.54. The first kappa shape index (κ1) is 38.2. The summed E-state index contributed by atoms with van der Waals surface area (Å²) in [6.45, 7) is 3.66. The number of anilines is 1. The standard InChI is InChI=1S/C38H48N8O8/c1-23-19-30-37(52)54-22-27(41-32(47)26(20-25-11-4-3-5-12-25)42-38(53)43-31-15-6-8-16-39-31)35(50)45-18-10-14-29(45)36(51)44-17-9-7-13-28(44)33(48)40-24(2)34(49)46(30)21-23/h3-6,8,11-12,15-16,23-24,26-30H,7,9-10,13-14,17-22H2,1-2H3,(H,40,48)(H,41,47)(H2,39,42,43,53). The van der Waals surface area contributed by atoms with Crippen LogP contribution in [0.2, 0.25) is 0 Å². The van der Waals surface area contributed by atoms with Crippen molar-refractivity contribution in [2.24, 2.45) is 5.92 Å². The van der Waals surface area contributed by atoms with Crippen molar-refractivity contribution < 1.29 is 38.3 Å². The normalized spacial score (nSPS) is 27.2. The zero-order chi connectivity index (χ0) is 38.4. The van der Waals surface area contributed by atoms with Gasteiger partial charge in [0.1, 0.15) is 48.7 Å². The first-order valence-corrected chi connectivity index (χ1v) is 18.7. The van der Waals surface area contributed by atoms with Crippen LogP contribution in [0.1, 0.15) is 57.9 Å². The van der Waals surface area contributed by atoms with E-state index in [1.54, 1.807) is 49.4 Å². The number of amides is 7. The van der Waals surface area contributed by atoms with E-state index in [4.69, 9.17) is 4.74 Å². The summed E-state index contributed by atoms with van der Waals surface area (Å²) in [4.78, 5) is 105. The minimum Gasteiger partial charge on any atom is -0.461 e. The Kier molecular flexibility index (Phi) is 12.1. The number of urea groups is 1. The summed E-state index contributed by atoms with van der Waals surface area (Å²) in [5.74, 6) is -3.24. The van der Waals surface area contributed by atoms with Gasteiger partial charge in [0, 0.05) is 32.3 Å². The summed E-state index contributed by atoms with van der Waals surface area (Å²) in [5.41, 5.74) is 0.728. The van der Waals surface area contributed by atoms with E-state index in [9.17, 15) is 33.6 Å². The number of pyridine rings is 1. The van der Waals surface area contributed by atoms with Crippen molar-refractivity contribution in [3.05, 3.63) is 60.3 Å². The summed E-state index contributed by atoms with van der Waals surface area (Å²) < 4.78 is 5.73. The number of piperidine rings is 1. The van der Waals surface area contributed by atoms with Crippen LogP contribution in [0.4, 0.5) is 10.6 Å². The topological polar surface area (TPSA) is 199 Å². The molecule has 0 aliphatic carbocycles. The molecule has 4 aliphatic heterocycles. The maximum atomic E-state index is 14.4. The van der Waals surface area contributed by atoms with E-state index < -0.39 is 84.4 Å². The van der Waals surface area contributed by atoms with Crippen LogP contribution in [0, 0.1) is 5.92 Å². The Morgan fingerprint density at radius 1 is 0.852 bits per heavy atom. The molecule has 16 nitrogen and oxygen atoms in total. The maximum Gasteiger partial charge on any atom is 0.328 e. The molecule has 4 saturated heterocycles. The molecule has 7 amide bonds. The molecular weight excluding hydrogens is 696 g/mol. The molecule has 0 spiro atoms. The molecule has 6 rings (SSSR count). The fourth-order valence-electron chi connectivity index (χ4n) is 7.79. The molecule has 16 heteroatoms. The van der Waals surface area contributed by atoms with Crippen LogP contribution in [-0.2, 0) is 39.9 Å². The third-order valence-electron chi connectivity index (χ3n) is 10.5. The van der Waals surface area contributed by atoms with Crippen molar-refractivity contribution >= 4 is 47.4 Å². The number of nitrogens with zero attached hydrogens (tertiary/aromatic N) is 4. The Balaban J connectivity index is 1.30. The summed E-state index contributed by atoms with van der Waals surface area (Å²) in [6, 6.07) is 6.95. The highest BCUT2D eigenvalue weighted by Gasteiger charge is 2.46. The first-order chi connectivity index (χ1) is 26.0. The number of benzene rings is 1. The van der Waals surface area contributed by atoms with Gasteiger partial charge in [0.15, 0.2) is 0 Å². The molecule has 1 aromatic carbocycles. The van der Waals surface area contributed by atoms with Crippen molar-refractivity contribution in [3.63, 3.8) is 0 Å². The van der Waals surface area contributed by atoms with Crippen molar-refractivity contribution in [2.45, 2.75) is 95.0 Å². The second-order valence-electron chi connectivity index (χ2n) is 14.6. The lowest BCUT2D eigenvalue weighted by Gasteiger charge is -2.39. The van der Waals surface area contributed by atoms with Gasteiger partial charge < -0.3 is 35.4 Å². The highest BCUT2D eigenvalue weighted by molar-refractivity contribution is 5.98. The predicted molar refractivity (Wildman–Crippen MR) is 194 cm³/mol. The molecule has 288 valence electrons. The molecule has 5 heterocycles. The molecule has 0 bridgehead atoms. The first-order valence-electron chi connectivity index (χ1n) is 18.7. The van der Waals surface area contributed by atoms with E-state index in [2.05, 4.69) is 26.3 Å². The van der Waals surface area contributed by atoms with Gasteiger partial charge in [0.05, 0.1) is 0 Å². The molecule has 0 saturated carbocycles. The van der Waals surface area contributed by atoms with E-state index >= 15 is 0 Å². The summed E-state index contributed by atoms with van der Waals surface area (Å²) >= 11 is 0. The summed E-state index contributed by atoms with van der Waals surface area (Å²) in [6.07, 6.45) is 4.50. The van der Waals surface area contributed by atoms with Crippen molar-refractivity contribution in [1.29, 1.82) is 0 Å². The molecule has 7 atom stereocenters. The number of carbonyl (C=O) groups is 7. The lowest BCUT2D eigenvalue weighted by Crippen LogP contribution is -2.62. The van der Waals surface area contributed by atoms with Crippen LogP contribution < -0.4 is 21.3 Å². The fraction of sp³-hybridized carbons (Fsp3) is 0.526. The Morgan fingerprint density at radius 3 is 2.33 bits per heavy atom. The van der Waals surface area contributed by atoms with Gasteiger partial charge in [-0.3, -0.25) is 29.3 Å². The molecule has 4 fully saturated rings. The van der Waals surface area contributed by atoms with Gasteiger partial charge in [0.25, 0.3) is 0 Å². The molecule has 4 N–H and O–H groups in total. The summed E-state index contributed by atoms with van der Waals surface area (Å²) in [7, 11) is 0. The lowest BCUT2D eigenvalue weighted by atomic mass is 9.99. The van der Waals surface area contributed by atoms with E-state index in [1.165, 1.54) is 20.9 Å². The van der Waals surface area contributed by atoms with Gasteiger partial charge in [-0.05, 0) is 69.1 Å². The minimum atomic E-state index is -1.44. The maximum absolute atomic E-state index is 14.4. The highest BCUT2D eigenvalue weighted by atomic mass is 16.5. The molecule has 2 aromatic rings. The molecule has 7 unspecified atom stereocenters. The zero-order valence-electron chi connectivity index (χ0n) is 30.6. The number of hydrogen-bond acceptors (Lipinski definition) is 9. The average molecular weight is 745 g/mol.